The van der Waals surface area contributed by atoms with Gasteiger partial charge in [0.05, 0.1) is 6.54 Å². The van der Waals surface area contributed by atoms with E-state index in [-0.39, 0.29) is 24.9 Å². The number of fused-ring (bicyclic) bond motifs is 1. The quantitative estimate of drug-likeness (QED) is 0.504. The number of amides is 1. The Labute approximate surface area is 156 Å². The molecule has 0 aliphatic heterocycles. The minimum atomic E-state index is -0.645. The molecule has 27 heavy (non-hydrogen) atoms. The fraction of sp³-hybridized carbons (Fsp3) is 0.316. The number of aromatic nitrogens is 4. The van der Waals surface area contributed by atoms with Crippen LogP contribution in [0.15, 0.2) is 36.5 Å². The summed E-state index contributed by atoms with van der Waals surface area (Å²) in [5, 5.41) is 6.81. The summed E-state index contributed by atoms with van der Waals surface area (Å²) < 4.78 is 6.58. The van der Waals surface area contributed by atoms with Crippen molar-refractivity contribution in [1.82, 2.24) is 24.9 Å². The first kappa shape index (κ1) is 18.5. The summed E-state index contributed by atoms with van der Waals surface area (Å²) in [6.07, 6.45) is 2.65. The van der Waals surface area contributed by atoms with Gasteiger partial charge in [0, 0.05) is 18.3 Å². The molecule has 0 fully saturated rings. The Morgan fingerprint density at radius 3 is 2.67 bits per heavy atom. The van der Waals surface area contributed by atoms with Crippen LogP contribution in [-0.2, 0) is 16.0 Å². The number of carbonyl (C=O) groups is 2. The van der Waals surface area contributed by atoms with Crippen molar-refractivity contribution in [3.8, 4) is 0 Å². The normalized spacial score (nSPS) is 10.7. The number of benzene rings is 1. The van der Waals surface area contributed by atoms with Crippen LogP contribution in [0.3, 0.4) is 0 Å². The summed E-state index contributed by atoms with van der Waals surface area (Å²) in [5.41, 5.74) is 3.12. The van der Waals surface area contributed by atoms with Crippen LogP contribution in [0.5, 0.6) is 0 Å². The van der Waals surface area contributed by atoms with Crippen LogP contribution in [-0.4, -0.2) is 44.6 Å². The predicted molar refractivity (Wildman–Crippen MR) is 98.3 cm³/mol. The first-order valence-electron chi connectivity index (χ1n) is 8.70. The highest BCUT2D eigenvalue weighted by molar-refractivity contribution is 5.85. The van der Waals surface area contributed by atoms with Gasteiger partial charge in [-0.25, -0.2) is 14.3 Å². The van der Waals surface area contributed by atoms with Crippen molar-refractivity contribution in [2.45, 2.75) is 26.7 Å². The molecule has 0 aliphatic carbocycles. The third-order valence-corrected chi connectivity index (χ3v) is 4.03. The first-order chi connectivity index (χ1) is 13.0. The fourth-order valence-corrected chi connectivity index (χ4v) is 2.49. The number of nitrogens with zero attached hydrogens (tertiary/aromatic N) is 4. The van der Waals surface area contributed by atoms with E-state index >= 15 is 0 Å². The van der Waals surface area contributed by atoms with Gasteiger partial charge < -0.3 is 10.1 Å². The third kappa shape index (κ3) is 4.87. The zero-order valence-corrected chi connectivity index (χ0v) is 15.3. The Balaban J connectivity index is 1.40. The fourth-order valence-electron chi connectivity index (χ4n) is 2.49. The molecule has 3 aromatic rings. The molecule has 0 atom stereocenters. The minimum absolute atomic E-state index is 0.0526. The Morgan fingerprint density at radius 2 is 1.93 bits per heavy atom. The highest BCUT2D eigenvalue weighted by Crippen LogP contribution is 2.06. The average Bonchev–Trinajstić information content (AvgIpc) is 3.10. The van der Waals surface area contributed by atoms with Gasteiger partial charge >= 0.3 is 5.97 Å². The molecular weight excluding hydrogens is 346 g/mol. The molecular formula is C19H21N5O3. The van der Waals surface area contributed by atoms with Crippen molar-refractivity contribution >= 4 is 17.7 Å². The maximum absolute atomic E-state index is 12.0. The lowest BCUT2D eigenvalue weighted by molar-refractivity contribution is -0.121. The van der Waals surface area contributed by atoms with E-state index in [1.165, 1.54) is 10.1 Å². The van der Waals surface area contributed by atoms with Gasteiger partial charge in [-0.2, -0.15) is 4.98 Å². The largest absolute Gasteiger partial charge is 0.458 e. The molecule has 140 valence electrons. The maximum atomic E-state index is 12.0. The van der Waals surface area contributed by atoms with Crippen LogP contribution >= 0.6 is 0 Å². The van der Waals surface area contributed by atoms with Gasteiger partial charge in [0.25, 0.3) is 11.6 Å². The molecule has 2 aromatic heterocycles. The number of ether oxygens (including phenoxy) is 1. The van der Waals surface area contributed by atoms with Gasteiger partial charge in [0.1, 0.15) is 6.61 Å². The lowest BCUT2D eigenvalue weighted by Gasteiger charge is -2.06. The number of hydrogen-bond donors (Lipinski definition) is 1. The number of carbonyl (C=O) groups excluding carboxylic acids is 2. The lowest BCUT2D eigenvalue weighted by atomic mass is 10.1. The molecule has 2 heterocycles. The van der Waals surface area contributed by atoms with Crippen molar-refractivity contribution in [3.63, 3.8) is 0 Å². The topological polar surface area (TPSA) is 98.5 Å². The SMILES string of the molecule is Cc1ccc(CCC(=O)NCCOC(=O)c2nc3nccc(C)n3n2)cc1. The van der Waals surface area contributed by atoms with Crippen LogP contribution in [0.2, 0.25) is 0 Å². The second kappa shape index (κ2) is 8.39. The lowest BCUT2D eigenvalue weighted by Crippen LogP contribution is -2.28. The zero-order valence-electron chi connectivity index (χ0n) is 15.3. The summed E-state index contributed by atoms with van der Waals surface area (Å²) in [7, 11) is 0. The number of esters is 1. The summed E-state index contributed by atoms with van der Waals surface area (Å²) in [6, 6.07) is 9.85. The predicted octanol–water partition coefficient (Wildman–Crippen LogP) is 1.65. The van der Waals surface area contributed by atoms with Gasteiger partial charge in [-0.15, -0.1) is 5.10 Å². The second-order valence-corrected chi connectivity index (χ2v) is 6.20. The van der Waals surface area contributed by atoms with Crippen molar-refractivity contribution in [2.75, 3.05) is 13.2 Å². The monoisotopic (exact) mass is 367 g/mol. The van der Waals surface area contributed by atoms with Gasteiger partial charge in [-0.3, -0.25) is 4.79 Å². The van der Waals surface area contributed by atoms with E-state index in [4.69, 9.17) is 4.74 Å². The molecule has 8 heteroatoms. The van der Waals surface area contributed by atoms with Crippen LogP contribution in [0.25, 0.3) is 5.78 Å². The Hall–Kier alpha value is -3.29. The van der Waals surface area contributed by atoms with E-state index in [0.29, 0.717) is 18.6 Å². The molecule has 0 saturated carbocycles. The van der Waals surface area contributed by atoms with E-state index in [9.17, 15) is 9.59 Å². The summed E-state index contributed by atoms with van der Waals surface area (Å²) in [5.74, 6) is -0.444. The molecule has 0 unspecified atom stereocenters. The van der Waals surface area contributed by atoms with Crippen molar-refractivity contribution in [3.05, 3.63) is 59.2 Å². The van der Waals surface area contributed by atoms with E-state index in [1.54, 1.807) is 12.3 Å². The molecule has 1 N–H and O–H groups in total. The number of hydrogen-bond acceptors (Lipinski definition) is 6. The summed E-state index contributed by atoms with van der Waals surface area (Å²) in [4.78, 5) is 31.9. The maximum Gasteiger partial charge on any atom is 0.378 e. The van der Waals surface area contributed by atoms with E-state index in [1.807, 2.05) is 38.1 Å². The van der Waals surface area contributed by atoms with Crippen molar-refractivity contribution in [2.24, 2.45) is 0 Å². The van der Waals surface area contributed by atoms with Crippen molar-refractivity contribution in [1.29, 1.82) is 0 Å². The van der Waals surface area contributed by atoms with Crippen molar-refractivity contribution < 1.29 is 14.3 Å². The van der Waals surface area contributed by atoms with Crippen LogP contribution in [0, 0.1) is 13.8 Å². The van der Waals surface area contributed by atoms with Gasteiger partial charge in [-0.1, -0.05) is 29.8 Å². The summed E-state index contributed by atoms with van der Waals surface area (Å²) in [6.45, 7) is 4.15. The third-order valence-electron chi connectivity index (χ3n) is 4.03. The standard InChI is InChI=1S/C19H21N5O3/c1-13-3-5-15(6-4-13)7-8-16(25)20-11-12-27-18(26)17-22-19-21-10-9-14(2)24(19)23-17/h3-6,9-10H,7-8,11-12H2,1-2H3,(H,20,25). The number of aryl methyl sites for hydroxylation is 3. The molecule has 0 radical (unpaired) electrons. The van der Waals surface area contributed by atoms with Gasteiger partial charge in [0.15, 0.2) is 0 Å². The Bertz CT molecular complexity index is 950. The van der Waals surface area contributed by atoms with E-state index in [0.717, 1.165) is 11.3 Å². The van der Waals surface area contributed by atoms with Gasteiger partial charge in [0.2, 0.25) is 5.91 Å². The highest BCUT2D eigenvalue weighted by atomic mass is 16.5. The average molecular weight is 367 g/mol. The zero-order chi connectivity index (χ0) is 19.2. The molecule has 8 nitrogen and oxygen atoms in total. The number of nitrogens with one attached hydrogen (secondary N) is 1. The summed E-state index contributed by atoms with van der Waals surface area (Å²) >= 11 is 0. The number of rotatable bonds is 7. The molecule has 1 aromatic carbocycles. The molecule has 3 rings (SSSR count). The molecule has 0 bridgehead atoms. The van der Waals surface area contributed by atoms with Crippen LogP contribution < -0.4 is 5.32 Å². The minimum Gasteiger partial charge on any atom is -0.458 e. The molecule has 0 spiro atoms. The van der Waals surface area contributed by atoms with E-state index < -0.39 is 5.97 Å². The van der Waals surface area contributed by atoms with Crippen LogP contribution in [0.4, 0.5) is 0 Å². The first-order valence-corrected chi connectivity index (χ1v) is 8.70. The Kier molecular flexibility index (Phi) is 5.75. The highest BCUT2D eigenvalue weighted by Gasteiger charge is 2.15. The molecule has 0 aliphatic rings. The molecule has 0 saturated heterocycles. The van der Waals surface area contributed by atoms with E-state index in [2.05, 4.69) is 20.4 Å². The van der Waals surface area contributed by atoms with Gasteiger partial charge in [-0.05, 0) is 31.9 Å². The van der Waals surface area contributed by atoms with Crippen LogP contribution in [0.1, 0.15) is 33.9 Å². The second-order valence-electron chi connectivity index (χ2n) is 6.20. The smallest absolute Gasteiger partial charge is 0.378 e. The molecule has 1 amide bonds. The Morgan fingerprint density at radius 1 is 1.15 bits per heavy atom.